The summed E-state index contributed by atoms with van der Waals surface area (Å²) in [6.07, 6.45) is 1.08. The highest BCUT2D eigenvalue weighted by atomic mass is 16.3. The van der Waals surface area contributed by atoms with Crippen molar-refractivity contribution in [2.45, 2.75) is 19.4 Å². The third-order valence-electron chi connectivity index (χ3n) is 3.71. The van der Waals surface area contributed by atoms with Crippen LogP contribution in [0.2, 0.25) is 0 Å². The lowest BCUT2D eigenvalue weighted by molar-refractivity contribution is -0.124. The largest absolute Gasteiger partial charge is 0.508 e. The molecule has 4 N–H and O–H groups in total. The average molecular weight is 342 g/mol. The van der Waals surface area contributed by atoms with Crippen LogP contribution in [0.3, 0.4) is 0 Å². The van der Waals surface area contributed by atoms with E-state index in [9.17, 15) is 30.0 Å². The van der Waals surface area contributed by atoms with Crippen molar-refractivity contribution in [3.05, 3.63) is 59.2 Å². The van der Waals surface area contributed by atoms with Gasteiger partial charge < -0.3 is 20.4 Å². The summed E-state index contributed by atoms with van der Waals surface area (Å²) >= 11 is 0. The molecule has 2 aromatic carbocycles. The Labute approximate surface area is 144 Å². The first kappa shape index (κ1) is 18.2. The third-order valence-corrected chi connectivity index (χ3v) is 3.71. The van der Waals surface area contributed by atoms with Gasteiger partial charge in [-0.2, -0.15) is 0 Å². The smallest absolute Gasteiger partial charge is 0.189 e. The molecule has 1 unspecified atom stereocenters. The topological polar surface area (TPSA) is 115 Å². The van der Waals surface area contributed by atoms with Crippen molar-refractivity contribution in [2.24, 2.45) is 0 Å². The van der Waals surface area contributed by atoms with E-state index >= 15 is 0 Å². The molecule has 0 spiro atoms. The zero-order chi connectivity index (χ0) is 18.6. The van der Waals surface area contributed by atoms with Gasteiger partial charge >= 0.3 is 0 Å². The summed E-state index contributed by atoms with van der Waals surface area (Å²) in [6, 6.07) is 8.67. The summed E-state index contributed by atoms with van der Waals surface area (Å²) in [5.74, 6) is -1.70. The molecular weight excluding hydrogens is 324 g/mol. The first-order valence-corrected chi connectivity index (χ1v) is 7.53. The van der Waals surface area contributed by atoms with Crippen LogP contribution >= 0.6 is 0 Å². The van der Waals surface area contributed by atoms with Crippen molar-refractivity contribution < 1.29 is 30.0 Å². The Bertz CT molecular complexity index is 821. The Balaban J connectivity index is 2.27. The standard InChI is InChI=1S/C19H18O6/c1-11(20)18(24)10-15-17(23)9-7-14(19(15)25)16(22)8-4-12-2-5-13(21)6-3-12/h2-9,18,21,23-25H,10H2,1H3. The number of aromatic hydroxyl groups is 3. The molecule has 25 heavy (non-hydrogen) atoms. The van der Waals surface area contributed by atoms with E-state index in [1.165, 1.54) is 43.3 Å². The number of benzene rings is 2. The second kappa shape index (κ2) is 7.63. The maximum absolute atomic E-state index is 12.3. The van der Waals surface area contributed by atoms with Crippen LogP contribution in [0.4, 0.5) is 0 Å². The first-order chi connectivity index (χ1) is 11.8. The highest BCUT2D eigenvalue weighted by Gasteiger charge is 2.20. The molecule has 130 valence electrons. The SMILES string of the molecule is CC(=O)C(O)Cc1c(O)ccc(C(=O)C=Cc2ccc(O)cc2)c1O. The normalized spacial score (nSPS) is 12.2. The van der Waals surface area contributed by atoms with E-state index in [0.29, 0.717) is 5.56 Å². The number of hydrogen-bond donors (Lipinski definition) is 4. The number of ketones is 2. The minimum Gasteiger partial charge on any atom is -0.508 e. The summed E-state index contributed by atoms with van der Waals surface area (Å²) in [5, 5.41) is 38.9. The lowest BCUT2D eigenvalue weighted by Gasteiger charge is -2.12. The second-order valence-corrected chi connectivity index (χ2v) is 5.58. The number of carbonyl (C=O) groups excluding carboxylic acids is 2. The third kappa shape index (κ3) is 4.45. The van der Waals surface area contributed by atoms with E-state index in [-0.39, 0.29) is 29.0 Å². The van der Waals surface area contributed by atoms with E-state index in [0.717, 1.165) is 0 Å². The Morgan fingerprint density at radius 1 is 1.04 bits per heavy atom. The number of phenolic OH excluding ortho intramolecular Hbond substituents is 3. The molecule has 0 aliphatic heterocycles. The minimum absolute atomic E-state index is 0.0569. The molecule has 0 aliphatic carbocycles. The van der Waals surface area contributed by atoms with Crippen molar-refractivity contribution in [1.29, 1.82) is 0 Å². The number of phenols is 3. The Morgan fingerprint density at radius 2 is 1.68 bits per heavy atom. The van der Waals surface area contributed by atoms with E-state index in [1.807, 2.05) is 0 Å². The van der Waals surface area contributed by atoms with Gasteiger partial charge in [0.2, 0.25) is 0 Å². The Hall–Kier alpha value is -3.12. The zero-order valence-electron chi connectivity index (χ0n) is 13.5. The molecule has 2 aromatic rings. The van der Waals surface area contributed by atoms with Gasteiger partial charge in [-0.3, -0.25) is 9.59 Å². The molecule has 0 aliphatic rings. The quantitative estimate of drug-likeness (QED) is 0.472. The number of Topliss-reactive ketones (excluding diaryl/α,β-unsaturated/α-hetero) is 1. The van der Waals surface area contributed by atoms with Gasteiger partial charge in [-0.25, -0.2) is 0 Å². The molecule has 1 atom stereocenters. The van der Waals surface area contributed by atoms with Crippen molar-refractivity contribution in [3.63, 3.8) is 0 Å². The lowest BCUT2D eigenvalue weighted by Crippen LogP contribution is -2.20. The monoisotopic (exact) mass is 342 g/mol. The number of allylic oxidation sites excluding steroid dienone is 1. The molecule has 0 radical (unpaired) electrons. The van der Waals surface area contributed by atoms with Gasteiger partial charge in [0.25, 0.3) is 0 Å². The van der Waals surface area contributed by atoms with Crippen molar-refractivity contribution in [3.8, 4) is 17.2 Å². The Kier molecular flexibility index (Phi) is 5.56. The lowest BCUT2D eigenvalue weighted by atomic mass is 9.98. The van der Waals surface area contributed by atoms with Crippen LogP contribution < -0.4 is 0 Å². The number of aliphatic hydroxyl groups excluding tert-OH is 1. The summed E-state index contributed by atoms with van der Waals surface area (Å²) < 4.78 is 0. The van der Waals surface area contributed by atoms with Gasteiger partial charge in [0.15, 0.2) is 11.6 Å². The van der Waals surface area contributed by atoms with E-state index < -0.39 is 23.4 Å². The Morgan fingerprint density at radius 3 is 2.28 bits per heavy atom. The molecule has 6 heteroatoms. The molecule has 0 heterocycles. The summed E-state index contributed by atoms with van der Waals surface area (Å²) in [6.45, 7) is 1.19. The predicted molar refractivity (Wildman–Crippen MR) is 91.6 cm³/mol. The zero-order valence-corrected chi connectivity index (χ0v) is 13.5. The summed E-state index contributed by atoms with van der Waals surface area (Å²) in [5.41, 5.74) is 0.557. The average Bonchev–Trinajstić information content (AvgIpc) is 2.57. The highest BCUT2D eigenvalue weighted by Crippen LogP contribution is 2.32. The van der Waals surface area contributed by atoms with E-state index in [1.54, 1.807) is 12.1 Å². The maximum Gasteiger partial charge on any atom is 0.189 e. The number of aliphatic hydroxyl groups is 1. The second-order valence-electron chi connectivity index (χ2n) is 5.58. The van der Waals surface area contributed by atoms with Crippen LogP contribution in [0.5, 0.6) is 17.2 Å². The van der Waals surface area contributed by atoms with Gasteiger partial charge in [-0.1, -0.05) is 18.2 Å². The fraction of sp³-hybridized carbons (Fsp3) is 0.158. The molecular formula is C19H18O6. The van der Waals surface area contributed by atoms with Gasteiger partial charge in [0.1, 0.15) is 23.4 Å². The predicted octanol–water partition coefficient (Wildman–Crippen LogP) is 2.19. The molecule has 2 rings (SSSR count). The molecule has 0 amide bonds. The molecule has 0 saturated carbocycles. The van der Waals surface area contributed by atoms with Crippen LogP contribution in [0.1, 0.15) is 28.4 Å². The number of rotatable bonds is 6. The number of carbonyl (C=O) groups is 2. The van der Waals surface area contributed by atoms with Crippen LogP contribution in [0.25, 0.3) is 6.08 Å². The van der Waals surface area contributed by atoms with Crippen LogP contribution in [-0.2, 0) is 11.2 Å². The highest BCUT2D eigenvalue weighted by molar-refractivity contribution is 6.09. The molecule has 6 nitrogen and oxygen atoms in total. The van der Waals surface area contributed by atoms with Crippen LogP contribution in [0, 0.1) is 0 Å². The summed E-state index contributed by atoms with van der Waals surface area (Å²) in [7, 11) is 0. The van der Waals surface area contributed by atoms with E-state index in [2.05, 4.69) is 0 Å². The van der Waals surface area contributed by atoms with Crippen molar-refractivity contribution in [1.82, 2.24) is 0 Å². The van der Waals surface area contributed by atoms with E-state index in [4.69, 9.17) is 0 Å². The fourth-order valence-electron chi connectivity index (χ4n) is 2.21. The van der Waals surface area contributed by atoms with Gasteiger partial charge in [0.05, 0.1) is 5.56 Å². The fourth-order valence-corrected chi connectivity index (χ4v) is 2.21. The maximum atomic E-state index is 12.3. The molecule has 0 saturated heterocycles. The number of hydrogen-bond acceptors (Lipinski definition) is 6. The molecule has 0 aromatic heterocycles. The van der Waals surface area contributed by atoms with Crippen LogP contribution in [-0.4, -0.2) is 38.1 Å². The van der Waals surface area contributed by atoms with Crippen LogP contribution in [0.15, 0.2) is 42.5 Å². The van der Waals surface area contributed by atoms with Gasteiger partial charge in [-0.05, 0) is 42.8 Å². The minimum atomic E-state index is -1.38. The molecule has 0 bridgehead atoms. The van der Waals surface area contributed by atoms with Crippen molar-refractivity contribution in [2.75, 3.05) is 0 Å². The van der Waals surface area contributed by atoms with Crippen molar-refractivity contribution >= 4 is 17.6 Å². The first-order valence-electron chi connectivity index (χ1n) is 7.53. The summed E-state index contributed by atoms with van der Waals surface area (Å²) in [4.78, 5) is 23.4. The molecule has 0 fully saturated rings. The van der Waals surface area contributed by atoms with Gasteiger partial charge in [0, 0.05) is 12.0 Å². The van der Waals surface area contributed by atoms with Gasteiger partial charge in [-0.15, -0.1) is 0 Å².